The Balaban J connectivity index is 1.74. The van der Waals surface area contributed by atoms with E-state index in [2.05, 4.69) is 15.4 Å². The van der Waals surface area contributed by atoms with Crippen LogP contribution in [0.2, 0.25) is 0 Å². The molecule has 2 aromatic heterocycles. The van der Waals surface area contributed by atoms with Crippen LogP contribution in [0.25, 0.3) is 11.3 Å². The lowest BCUT2D eigenvalue weighted by Gasteiger charge is -2.08. The van der Waals surface area contributed by atoms with Crippen LogP contribution in [-0.4, -0.2) is 20.7 Å². The number of nitrogens with one attached hydrogen (secondary N) is 1. The minimum Gasteiger partial charge on any atom is -0.349 e. The van der Waals surface area contributed by atoms with Crippen molar-refractivity contribution in [3.63, 3.8) is 0 Å². The summed E-state index contributed by atoms with van der Waals surface area (Å²) >= 11 is 0. The maximum Gasteiger partial charge on any atom is 0.267 e. The molecule has 126 valence electrons. The van der Waals surface area contributed by atoms with Gasteiger partial charge in [0, 0.05) is 17.8 Å². The molecule has 25 heavy (non-hydrogen) atoms. The lowest BCUT2D eigenvalue weighted by Crippen LogP contribution is -2.33. The van der Waals surface area contributed by atoms with Gasteiger partial charge < -0.3 is 5.32 Å². The summed E-state index contributed by atoms with van der Waals surface area (Å²) in [4.78, 5) is 28.1. The number of carbonyl (C=O) groups is 1. The van der Waals surface area contributed by atoms with Gasteiger partial charge in [0.05, 0.1) is 17.9 Å². The molecule has 2 heterocycles. The van der Waals surface area contributed by atoms with Crippen molar-refractivity contribution >= 4 is 5.91 Å². The Hall–Kier alpha value is -3.35. The molecule has 0 radical (unpaired) electrons. The summed E-state index contributed by atoms with van der Waals surface area (Å²) in [5.41, 5.74) is 0.824. The summed E-state index contributed by atoms with van der Waals surface area (Å²) in [5.74, 6) is -0.828. The Bertz CT molecular complexity index is 941. The first-order chi connectivity index (χ1) is 12.1. The Morgan fingerprint density at radius 2 is 1.88 bits per heavy atom. The number of carbonyl (C=O) groups excluding carboxylic acids is 1. The highest BCUT2D eigenvalue weighted by molar-refractivity contribution is 5.75. The van der Waals surface area contributed by atoms with Crippen molar-refractivity contribution in [3.8, 4) is 11.3 Å². The second-order valence-corrected chi connectivity index (χ2v) is 5.29. The summed E-state index contributed by atoms with van der Waals surface area (Å²) in [5, 5.41) is 6.76. The van der Waals surface area contributed by atoms with Crippen molar-refractivity contribution in [1.82, 2.24) is 20.1 Å². The summed E-state index contributed by atoms with van der Waals surface area (Å²) in [6, 6.07) is 14.2. The molecule has 0 atom stereocenters. The third-order valence-electron chi connectivity index (χ3n) is 3.50. The van der Waals surface area contributed by atoms with E-state index in [1.807, 2.05) is 6.07 Å². The van der Waals surface area contributed by atoms with Gasteiger partial charge in [0.1, 0.15) is 12.4 Å². The van der Waals surface area contributed by atoms with Gasteiger partial charge in [-0.15, -0.1) is 0 Å². The zero-order valence-corrected chi connectivity index (χ0v) is 13.2. The molecule has 7 heteroatoms. The second-order valence-electron chi connectivity index (χ2n) is 5.29. The Morgan fingerprint density at radius 3 is 2.64 bits per heavy atom. The maximum atomic E-state index is 13.9. The fraction of sp³-hybridized carbons (Fsp3) is 0.111. The Morgan fingerprint density at radius 1 is 1.08 bits per heavy atom. The Kier molecular flexibility index (Phi) is 4.94. The molecular formula is C18H15FN4O2. The molecule has 0 aliphatic carbocycles. The van der Waals surface area contributed by atoms with Gasteiger partial charge in [-0.3, -0.25) is 14.6 Å². The number of hydrogen-bond donors (Lipinski definition) is 1. The van der Waals surface area contributed by atoms with E-state index in [-0.39, 0.29) is 30.3 Å². The molecule has 0 aliphatic heterocycles. The fourth-order valence-corrected chi connectivity index (χ4v) is 2.26. The molecule has 0 aliphatic rings. The third-order valence-corrected chi connectivity index (χ3v) is 3.50. The van der Waals surface area contributed by atoms with Crippen LogP contribution in [0.1, 0.15) is 5.69 Å². The summed E-state index contributed by atoms with van der Waals surface area (Å²) in [7, 11) is 0. The fourth-order valence-electron chi connectivity index (χ4n) is 2.26. The predicted octanol–water partition coefficient (Wildman–Crippen LogP) is 1.76. The molecule has 0 spiro atoms. The minimum atomic E-state index is -0.445. The molecule has 3 aromatic rings. The number of rotatable bonds is 5. The van der Waals surface area contributed by atoms with Gasteiger partial charge in [0.15, 0.2) is 0 Å². The molecule has 0 bridgehead atoms. The third kappa shape index (κ3) is 4.14. The molecule has 3 rings (SSSR count). The summed E-state index contributed by atoms with van der Waals surface area (Å²) in [6.45, 7) is -0.00458. The molecule has 1 aromatic carbocycles. The molecule has 0 saturated heterocycles. The van der Waals surface area contributed by atoms with E-state index in [0.717, 1.165) is 4.68 Å². The van der Waals surface area contributed by atoms with E-state index in [9.17, 15) is 14.0 Å². The molecular weight excluding hydrogens is 323 g/mol. The highest BCUT2D eigenvalue weighted by Gasteiger charge is 2.10. The average Bonchev–Trinajstić information content (AvgIpc) is 2.63. The van der Waals surface area contributed by atoms with E-state index >= 15 is 0 Å². The van der Waals surface area contributed by atoms with Crippen molar-refractivity contribution in [2.75, 3.05) is 0 Å². The summed E-state index contributed by atoms with van der Waals surface area (Å²) in [6.07, 6.45) is 1.63. The van der Waals surface area contributed by atoms with Crippen molar-refractivity contribution in [2.24, 2.45) is 0 Å². The lowest BCUT2D eigenvalue weighted by molar-refractivity contribution is -0.122. The van der Waals surface area contributed by atoms with Crippen LogP contribution >= 0.6 is 0 Å². The highest BCUT2D eigenvalue weighted by atomic mass is 19.1. The van der Waals surface area contributed by atoms with Gasteiger partial charge in [0.25, 0.3) is 5.56 Å². The molecule has 1 N–H and O–H groups in total. The first-order valence-electron chi connectivity index (χ1n) is 7.63. The monoisotopic (exact) mass is 338 g/mol. The molecule has 0 fully saturated rings. The predicted molar refractivity (Wildman–Crippen MR) is 90.0 cm³/mol. The van der Waals surface area contributed by atoms with Gasteiger partial charge in [-0.25, -0.2) is 9.07 Å². The minimum absolute atomic E-state index is 0.251. The SMILES string of the molecule is O=C(Cn1nc(-c2ccccc2F)ccc1=O)NCc1ccccn1. The van der Waals surface area contributed by atoms with Crippen LogP contribution in [0.4, 0.5) is 4.39 Å². The smallest absolute Gasteiger partial charge is 0.267 e. The maximum absolute atomic E-state index is 13.9. The van der Waals surface area contributed by atoms with Crippen LogP contribution in [0.3, 0.4) is 0 Å². The zero-order chi connectivity index (χ0) is 17.6. The van der Waals surface area contributed by atoms with Gasteiger partial charge in [0.2, 0.25) is 5.91 Å². The first kappa shape index (κ1) is 16.5. The highest BCUT2D eigenvalue weighted by Crippen LogP contribution is 2.18. The number of aromatic nitrogens is 3. The number of amides is 1. The van der Waals surface area contributed by atoms with E-state index in [0.29, 0.717) is 5.69 Å². The molecule has 1 amide bonds. The van der Waals surface area contributed by atoms with Crippen LogP contribution in [0.15, 0.2) is 65.6 Å². The van der Waals surface area contributed by atoms with Crippen molar-refractivity contribution in [3.05, 3.63) is 82.7 Å². The van der Waals surface area contributed by atoms with E-state index < -0.39 is 11.4 Å². The average molecular weight is 338 g/mol. The van der Waals surface area contributed by atoms with Gasteiger partial charge in [-0.05, 0) is 30.3 Å². The number of benzene rings is 1. The van der Waals surface area contributed by atoms with E-state index in [1.54, 1.807) is 36.5 Å². The topological polar surface area (TPSA) is 76.9 Å². The largest absolute Gasteiger partial charge is 0.349 e. The molecule has 6 nitrogen and oxygen atoms in total. The van der Waals surface area contributed by atoms with Crippen LogP contribution in [-0.2, 0) is 17.9 Å². The number of nitrogens with zero attached hydrogens (tertiary/aromatic N) is 3. The first-order valence-corrected chi connectivity index (χ1v) is 7.63. The van der Waals surface area contributed by atoms with Crippen molar-refractivity contribution in [1.29, 1.82) is 0 Å². The summed E-state index contributed by atoms with van der Waals surface area (Å²) < 4.78 is 14.9. The number of pyridine rings is 1. The van der Waals surface area contributed by atoms with Gasteiger partial charge in [-0.1, -0.05) is 18.2 Å². The van der Waals surface area contributed by atoms with Crippen LogP contribution < -0.4 is 10.9 Å². The molecule has 0 saturated carbocycles. The quantitative estimate of drug-likeness (QED) is 0.769. The zero-order valence-electron chi connectivity index (χ0n) is 13.2. The Labute approximate surface area is 143 Å². The second kappa shape index (κ2) is 7.48. The van der Waals surface area contributed by atoms with Crippen molar-refractivity contribution < 1.29 is 9.18 Å². The normalized spacial score (nSPS) is 10.4. The standard InChI is InChI=1S/C18H15FN4O2/c19-15-7-2-1-6-14(15)16-8-9-18(25)23(22-16)12-17(24)21-11-13-5-3-4-10-20-13/h1-10H,11-12H2,(H,21,24). The molecule has 0 unspecified atom stereocenters. The number of halogens is 1. The van der Waals surface area contributed by atoms with Gasteiger partial charge >= 0.3 is 0 Å². The van der Waals surface area contributed by atoms with Gasteiger partial charge in [-0.2, -0.15) is 5.10 Å². The number of hydrogen-bond acceptors (Lipinski definition) is 4. The van der Waals surface area contributed by atoms with Crippen molar-refractivity contribution in [2.45, 2.75) is 13.1 Å². The lowest BCUT2D eigenvalue weighted by atomic mass is 10.1. The van der Waals surface area contributed by atoms with E-state index in [1.165, 1.54) is 18.2 Å². The van der Waals surface area contributed by atoms with E-state index in [4.69, 9.17) is 0 Å². The van der Waals surface area contributed by atoms with Crippen LogP contribution in [0.5, 0.6) is 0 Å². The van der Waals surface area contributed by atoms with Crippen LogP contribution in [0, 0.1) is 5.82 Å².